The molecular weight excluding hydrogens is 248 g/mol. The van der Waals surface area contributed by atoms with E-state index in [4.69, 9.17) is 11.6 Å². The molecule has 0 heterocycles. The molecule has 1 fully saturated rings. The monoisotopic (exact) mass is 266 g/mol. The maximum atomic E-state index is 12.2. The van der Waals surface area contributed by atoms with Gasteiger partial charge in [-0.1, -0.05) is 18.5 Å². The van der Waals surface area contributed by atoms with E-state index in [1.807, 2.05) is 13.0 Å². The van der Waals surface area contributed by atoms with Gasteiger partial charge in [0.15, 0.2) is 0 Å². The zero-order valence-corrected chi connectivity index (χ0v) is 11.6. The van der Waals surface area contributed by atoms with Gasteiger partial charge in [0, 0.05) is 23.8 Å². The van der Waals surface area contributed by atoms with Gasteiger partial charge in [-0.05, 0) is 43.4 Å². The Morgan fingerprint density at radius 2 is 2.17 bits per heavy atom. The van der Waals surface area contributed by atoms with Crippen LogP contribution in [-0.2, 0) is 0 Å². The lowest BCUT2D eigenvalue weighted by Gasteiger charge is -2.13. The summed E-state index contributed by atoms with van der Waals surface area (Å²) >= 11 is 5.96. The molecule has 2 rings (SSSR count). The number of benzene rings is 1. The highest BCUT2D eigenvalue weighted by atomic mass is 35.5. The molecule has 0 atom stereocenters. The standard InChI is InChI=1S/C14H19ClN2O/c1-3-16-12-5-4-10(15)8-11(12)13(18)17-9-14(2)6-7-14/h4-5,8,16H,3,6-7,9H2,1-2H3,(H,17,18). The highest BCUT2D eigenvalue weighted by Gasteiger charge is 2.37. The number of hydrogen-bond acceptors (Lipinski definition) is 2. The quantitative estimate of drug-likeness (QED) is 0.859. The highest BCUT2D eigenvalue weighted by molar-refractivity contribution is 6.31. The van der Waals surface area contributed by atoms with Gasteiger partial charge < -0.3 is 10.6 Å². The largest absolute Gasteiger partial charge is 0.385 e. The van der Waals surface area contributed by atoms with Gasteiger partial charge in [0.2, 0.25) is 0 Å². The first-order chi connectivity index (χ1) is 8.54. The number of anilines is 1. The summed E-state index contributed by atoms with van der Waals surface area (Å²) in [5, 5.41) is 6.75. The van der Waals surface area contributed by atoms with Crippen LogP contribution in [0.4, 0.5) is 5.69 Å². The Labute approximate surface area is 113 Å². The summed E-state index contributed by atoms with van der Waals surface area (Å²) < 4.78 is 0. The van der Waals surface area contributed by atoms with Crippen molar-refractivity contribution in [2.75, 3.05) is 18.4 Å². The van der Waals surface area contributed by atoms with Crippen LogP contribution in [0, 0.1) is 5.41 Å². The third-order valence-corrected chi connectivity index (χ3v) is 3.61. The second-order valence-electron chi connectivity index (χ2n) is 5.21. The predicted octanol–water partition coefficient (Wildman–Crippen LogP) is 3.30. The van der Waals surface area contributed by atoms with E-state index >= 15 is 0 Å². The fourth-order valence-corrected chi connectivity index (χ4v) is 2.00. The minimum atomic E-state index is -0.0541. The molecule has 1 aromatic rings. The molecular formula is C14H19ClN2O. The molecule has 0 saturated heterocycles. The molecule has 0 unspecified atom stereocenters. The van der Waals surface area contributed by atoms with Gasteiger partial charge >= 0.3 is 0 Å². The minimum Gasteiger partial charge on any atom is -0.385 e. The van der Waals surface area contributed by atoms with Gasteiger partial charge in [0.25, 0.3) is 5.91 Å². The molecule has 0 aromatic heterocycles. The van der Waals surface area contributed by atoms with Crippen molar-refractivity contribution >= 4 is 23.2 Å². The van der Waals surface area contributed by atoms with Crippen molar-refractivity contribution in [3.8, 4) is 0 Å². The van der Waals surface area contributed by atoms with E-state index in [0.717, 1.165) is 18.8 Å². The Balaban J connectivity index is 2.09. The van der Waals surface area contributed by atoms with Crippen molar-refractivity contribution in [1.82, 2.24) is 5.32 Å². The molecule has 1 aliphatic rings. The van der Waals surface area contributed by atoms with E-state index in [0.29, 0.717) is 16.0 Å². The lowest BCUT2D eigenvalue weighted by molar-refractivity contribution is 0.0947. The van der Waals surface area contributed by atoms with Crippen LogP contribution in [0.15, 0.2) is 18.2 Å². The topological polar surface area (TPSA) is 41.1 Å². The summed E-state index contributed by atoms with van der Waals surface area (Å²) in [6.45, 7) is 5.71. The van der Waals surface area contributed by atoms with Crippen molar-refractivity contribution in [3.05, 3.63) is 28.8 Å². The first kappa shape index (κ1) is 13.2. The van der Waals surface area contributed by atoms with Gasteiger partial charge in [0.1, 0.15) is 0 Å². The fourth-order valence-electron chi connectivity index (χ4n) is 1.83. The number of rotatable bonds is 5. The van der Waals surface area contributed by atoms with Crippen LogP contribution in [0.5, 0.6) is 0 Å². The zero-order chi connectivity index (χ0) is 13.2. The van der Waals surface area contributed by atoms with E-state index in [1.165, 1.54) is 12.8 Å². The molecule has 1 saturated carbocycles. The second kappa shape index (κ2) is 5.19. The van der Waals surface area contributed by atoms with Crippen LogP contribution in [0.2, 0.25) is 5.02 Å². The van der Waals surface area contributed by atoms with Crippen molar-refractivity contribution < 1.29 is 4.79 Å². The molecule has 4 heteroatoms. The summed E-state index contributed by atoms with van der Waals surface area (Å²) in [6, 6.07) is 5.35. The lowest BCUT2D eigenvalue weighted by Crippen LogP contribution is -2.29. The Morgan fingerprint density at radius 1 is 1.44 bits per heavy atom. The number of amides is 1. The Morgan fingerprint density at radius 3 is 2.78 bits per heavy atom. The highest BCUT2D eigenvalue weighted by Crippen LogP contribution is 2.44. The predicted molar refractivity (Wildman–Crippen MR) is 75.3 cm³/mol. The first-order valence-corrected chi connectivity index (χ1v) is 6.73. The lowest BCUT2D eigenvalue weighted by atomic mass is 10.1. The van der Waals surface area contributed by atoms with Gasteiger partial charge in [-0.15, -0.1) is 0 Å². The number of carbonyl (C=O) groups is 1. The Kier molecular flexibility index (Phi) is 3.81. The average molecular weight is 267 g/mol. The molecule has 1 amide bonds. The molecule has 1 aromatic carbocycles. The maximum Gasteiger partial charge on any atom is 0.253 e. The number of hydrogen-bond donors (Lipinski definition) is 2. The Hall–Kier alpha value is -1.22. The van der Waals surface area contributed by atoms with E-state index in [-0.39, 0.29) is 5.91 Å². The van der Waals surface area contributed by atoms with E-state index in [2.05, 4.69) is 17.6 Å². The summed E-state index contributed by atoms with van der Waals surface area (Å²) in [5.74, 6) is -0.0541. The smallest absolute Gasteiger partial charge is 0.253 e. The SMILES string of the molecule is CCNc1ccc(Cl)cc1C(=O)NCC1(C)CC1. The van der Waals surface area contributed by atoms with Crippen LogP contribution >= 0.6 is 11.6 Å². The molecule has 0 spiro atoms. The molecule has 0 radical (unpaired) electrons. The van der Waals surface area contributed by atoms with Crippen molar-refractivity contribution in [3.63, 3.8) is 0 Å². The van der Waals surface area contributed by atoms with E-state index < -0.39 is 0 Å². The summed E-state index contributed by atoms with van der Waals surface area (Å²) in [7, 11) is 0. The molecule has 98 valence electrons. The normalized spacial score (nSPS) is 16.2. The van der Waals surface area contributed by atoms with Gasteiger partial charge in [-0.25, -0.2) is 0 Å². The van der Waals surface area contributed by atoms with Gasteiger partial charge in [-0.3, -0.25) is 4.79 Å². The van der Waals surface area contributed by atoms with Crippen molar-refractivity contribution in [2.45, 2.75) is 26.7 Å². The summed E-state index contributed by atoms with van der Waals surface area (Å²) in [5.41, 5.74) is 1.76. The van der Waals surface area contributed by atoms with Crippen molar-refractivity contribution in [2.24, 2.45) is 5.41 Å². The summed E-state index contributed by atoms with van der Waals surface area (Å²) in [6.07, 6.45) is 2.39. The number of nitrogens with one attached hydrogen (secondary N) is 2. The second-order valence-corrected chi connectivity index (χ2v) is 5.65. The minimum absolute atomic E-state index is 0.0541. The molecule has 18 heavy (non-hydrogen) atoms. The van der Waals surface area contributed by atoms with Crippen LogP contribution in [0.3, 0.4) is 0 Å². The summed E-state index contributed by atoms with van der Waals surface area (Å²) in [4.78, 5) is 12.2. The number of carbonyl (C=O) groups excluding carboxylic acids is 1. The molecule has 0 aliphatic heterocycles. The maximum absolute atomic E-state index is 12.2. The van der Waals surface area contributed by atoms with Crippen LogP contribution in [0.25, 0.3) is 0 Å². The molecule has 3 nitrogen and oxygen atoms in total. The third kappa shape index (κ3) is 3.16. The van der Waals surface area contributed by atoms with Gasteiger partial charge in [-0.2, -0.15) is 0 Å². The molecule has 0 bridgehead atoms. The molecule has 1 aliphatic carbocycles. The third-order valence-electron chi connectivity index (χ3n) is 3.37. The molecule has 2 N–H and O–H groups in total. The van der Waals surface area contributed by atoms with E-state index in [9.17, 15) is 4.79 Å². The first-order valence-electron chi connectivity index (χ1n) is 6.36. The fraction of sp³-hybridized carbons (Fsp3) is 0.500. The zero-order valence-electron chi connectivity index (χ0n) is 10.8. The van der Waals surface area contributed by atoms with Crippen molar-refractivity contribution in [1.29, 1.82) is 0 Å². The van der Waals surface area contributed by atoms with Gasteiger partial charge in [0.05, 0.1) is 5.56 Å². The number of halogens is 1. The van der Waals surface area contributed by atoms with Crippen LogP contribution < -0.4 is 10.6 Å². The van der Waals surface area contributed by atoms with Crippen LogP contribution in [0.1, 0.15) is 37.0 Å². The Bertz CT molecular complexity index is 455. The van der Waals surface area contributed by atoms with E-state index in [1.54, 1.807) is 12.1 Å². The van der Waals surface area contributed by atoms with Crippen LogP contribution in [-0.4, -0.2) is 19.0 Å². The average Bonchev–Trinajstić information content (AvgIpc) is 3.07.